The van der Waals surface area contributed by atoms with E-state index >= 15 is 0 Å². The second-order valence-corrected chi connectivity index (χ2v) is 5.61. The van der Waals surface area contributed by atoms with Gasteiger partial charge in [-0.3, -0.25) is 4.79 Å². The molecule has 21 heavy (non-hydrogen) atoms. The molecule has 6 heteroatoms. The first-order chi connectivity index (χ1) is 9.59. The molecule has 1 aliphatic heterocycles. The Morgan fingerprint density at radius 1 is 1.43 bits per heavy atom. The summed E-state index contributed by atoms with van der Waals surface area (Å²) in [7, 11) is 0. The van der Waals surface area contributed by atoms with E-state index < -0.39 is 0 Å². The molecule has 1 aromatic rings. The van der Waals surface area contributed by atoms with E-state index in [4.69, 9.17) is 27.9 Å². The van der Waals surface area contributed by atoms with E-state index in [-0.39, 0.29) is 30.2 Å². The maximum absolute atomic E-state index is 12.2. The molecule has 1 aliphatic rings. The molecule has 2 atom stereocenters. The first-order valence-electron chi connectivity index (χ1n) is 6.56. The molecule has 0 aromatic heterocycles. The molecule has 0 radical (unpaired) electrons. The molecular weight excluding hydrogens is 333 g/mol. The van der Waals surface area contributed by atoms with Gasteiger partial charge in [0.05, 0.1) is 13.2 Å². The lowest BCUT2D eigenvalue weighted by molar-refractivity contribution is -0.119. The van der Waals surface area contributed by atoms with Gasteiger partial charge in [-0.25, -0.2) is 0 Å². The lowest BCUT2D eigenvalue weighted by Crippen LogP contribution is -2.47. The molecule has 1 N–H and O–H groups in total. The summed E-state index contributed by atoms with van der Waals surface area (Å²) in [5.74, 6) is -0.114. The van der Waals surface area contributed by atoms with Crippen LogP contribution in [0.1, 0.15) is 12.5 Å². The second kappa shape index (κ2) is 8.76. The van der Waals surface area contributed by atoms with Crippen molar-refractivity contribution < 1.29 is 9.53 Å². The molecule has 1 saturated heterocycles. The largest absolute Gasteiger partial charge is 0.378 e. The van der Waals surface area contributed by atoms with Gasteiger partial charge in [0, 0.05) is 34.1 Å². The van der Waals surface area contributed by atoms with Crippen LogP contribution in [0.2, 0.25) is 10.0 Å². The molecule has 1 fully saturated rings. The molecule has 0 aliphatic carbocycles. The van der Waals surface area contributed by atoms with Crippen LogP contribution in [0.25, 0.3) is 6.08 Å². The zero-order valence-electron chi connectivity index (χ0n) is 11.6. The van der Waals surface area contributed by atoms with Gasteiger partial charge in [0.25, 0.3) is 0 Å². The number of morpholine rings is 1. The molecular formula is C15H18Cl3NO2. The number of hydrogen-bond acceptors (Lipinski definition) is 3. The zero-order chi connectivity index (χ0) is 14.5. The third-order valence-electron chi connectivity index (χ3n) is 3.42. The van der Waals surface area contributed by atoms with Gasteiger partial charge in [-0.1, -0.05) is 36.2 Å². The number of nitrogens with one attached hydrogen (secondary N) is 1. The predicted molar refractivity (Wildman–Crippen MR) is 89.5 cm³/mol. The highest BCUT2D eigenvalue weighted by molar-refractivity contribution is 6.37. The number of carbonyl (C=O) groups is 1. The number of halogens is 3. The quantitative estimate of drug-likeness (QED) is 0.843. The fourth-order valence-electron chi connectivity index (χ4n) is 2.09. The third kappa shape index (κ3) is 4.97. The van der Waals surface area contributed by atoms with Crippen molar-refractivity contribution in [1.29, 1.82) is 0 Å². The third-order valence-corrected chi connectivity index (χ3v) is 4.08. The molecule has 0 bridgehead atoms. The number of allylic oxidation sites excluding steroid dienone is 1. The van der Waals surface area contributed by atoms with Crippen molar-refractivity contribution in [2.45, 2.75) is 13.0 Å². The molecule has 116 valence electrons. The first kappa shape index (κ1) is 18.5. The van der Waals surface area contributed by atoms with Crippen molar-refractivity contribution in [2.75, 3.05) is 19.8 Å². The topological polar surface area (TPSA) is 38.3 Å². The van der Waals surface area contributed by atoms with E-state index in [2.05, 4.69) is 5.32 Å². The van der Waals surface area contributed by atoms with E-state index in [1.165, 1.54) is 6.08 Å². The van der Waals surface area contributed by atoms with Crippen LogP contribution in [0.3, 0.4) is 0 Å². The Hall–Kier alpha value is -0.580. The summed E-state index contributed by atoms with van der Waals surface area (Å²) < 4.78 is 5.37. The van der Waals surface area contributed by atoms with Crippen LogP contribution in [-0.4, -0.2) is 31.6 Å². The number of carbonyl (C=O) groups excluding carboxylic acids is 1. The van der Waals surface area contributed by atoms with Gasteiger partial charge >= 0.3 is 0 Å². The Morgan fingerprint density at radius 3 is 2.67 bits per heavy atom. The minimum absolute atomic E-state index is 0. The Bertz CT molecular complexity index is 493. The van der Waals surface area contributed by atoms with Crippen molar-refractivity contribution in [2.24, 2.45) is 5.92 Å². The molecule has 0 saturated carbocycles. The van der Waals surface area contributed by atoms with E-state index in [1.807, 2.05) is 6.92 Å². The van der Waals surface area contributed by atoms with Gasteiger partial charge in [-0.15, -0.1) is 12.4 Å². The van der Waals surface area contributed by atoms with Crippen molar-refractivity contribution in [1.82, 2.24) is 5.32 Å². The van der Waals surface area contributed by atoms with E-state index in [9.17, 15) is 4.79 Å². The number of rotatable bonds is 4. The Labute approximate surface area is 141 Å². The predicted octanol–water partition coefficient (Wildman–Crippen LogP) is 3.62. The summed E-state index contributed by atoms with van der Waals surface area (Å²) in [6.07, 6.45) is 3.21. The van der Waals surface area contributed by atoms with Crippen LogP contribution >= 0.6 is 35.6 Å². The van der Waals surface area contributed by atoms with Crippen molar-refractivity contribution in [3.8, 4) is 0 Å². The second-order valence-electron chi connectivity index (χ2n) is 4.80. The van der Waals surface area contributed by atoms with Crippen LogP contribution in [0.5, 0.6) is 0 Å². The van der Waals surface area contributed by atoms with Gasteiger partial charge in [0.15, 0.2) is 5.78 Å². The number of benzene rings is 1. The van der Waals surface area contributed by atoms with Crippen molar-refractivity contribution >= 4 is 47.5 Å². The van der Waals surface area contributed by atoms with Crippen molar-refractivity contribution in [3.05, 3.63) is 39.9 Å². The lowest BCUT2D eigenvalue weighted by atomic mass is 9.96. The number of hydrogen-bond donors (Lipinski definition) is 1. The minimum atomic E-state index is -0.146. The molecule has 3 nitrogen and oxygen atoms in total. The molecule has 0 spiro atoms. The first-order valence-corrected chi connectivity index (χ1v) is 7.32. The minimum Gasteiger partial charge on any atom is -0.378 e. The summed E-state index contributed by atoms with van der Waals surface area (Å²) in [6.45, 7) is 3.94. The maximum atomic E-state index is 12.2. The Kier molecular flexibility index (Phi) is 7.71. The molecule has 2 unspecified atom stereocenters. The van der Waals surface area contributed by atoms with Gasteiger partial charge < -0.3 is 10.1 Å². The number of ketones is 1. The summed E-state index contributed by atoms with van der Waals surface area (Å²) in [5, 5.41) is 4.36. The van der Waals surface area contributed by atoms with Crippen molar-refractivity contribution in [3.63, 3.8) is 0 Å². The Balaban J connectivity index is 0.00000220. The van der Waals surface area contributed by atoms with Crippen LogP contribution in [-0.2, 0) is 9.53 Å². The van der Waals surface area contributed by atoms with Gasteiger partial charge in [0.2, 0.25) is 0 Å². The molecule has 0 amide bonds. The normalized spacial score (nSPS) is 20.0. The summed E-state index contributed by atoms with van der Waals surface area (Å²) in [6, 6.07) is 5.33. The molecule has 1 aromatic carbocycles. The summed E-state index contributed by atoms with van der Waals surface area (Å²) in [4.78, 5) is 12.2. The van der Waals surface area contributed by atoms with Gasteiger partial charge in [-0.05, 0) is 24.3 Å². The van der Waals surface area contributed by atoms with Crippen LogP contribution in [0, 0.1) is 5.92 Å². The highest BCUT2D eigenvalue weighted by atomic mass is 35.5. The highest BCUT2D eigenvalue weighted by Gasteiger charge is 2.24. The molecule has 2 rings (SSSR count). The van der Waals surface area contributed by atoms with Crippen LogP contribution < -0.4 is 5.32 Å². The molecule has 1 heterocycles. The Morgan fingerprint density at radius 2 is 2.10 bits per heavy atom. The average molecular weight is 351 g/mol. The standard InChI is InChI=1S/C15H17Cl2NO2.ClH/c1-10(14-9-20-8-7-18-14)15(19)6-5-11-12(16)3-2-4-13(11)17;/h2-6,10,14,18H,7-9H2,1H3;1H. The fraction of sp³-hybridized carbons (Fsp3) is 0.400. The SMILES string of the molecule is CC(C(=O)C=Cc1c(Cl)cccc1Cl)C1COCCN1.Cl. The van der Waals surface area contributed by atoms with Gasteiger partial charge in [0.1, 0.15) is 0 Å². The monoisotopic (exact) mass is 349 g/mol. The smallest absolute Gasteiger partial charge is 0.160 e. The maximum Gasteiger partial charge on any atom is 0.160 e. The fourth-order valence-corrected chi connectivity index (χ4v) is 2.62. The summed E-state index contributed by atoms with van der Waals surface area (Å²) >= 11 is 12.1. The lowest BCUT2D eigenvalue weighted by Gasteiger charge is -2.27. The van der Waals surface area contributed by atoms with Crippen LogP contribution in [0.4, 0.5) is 0 Å². The van der Waals surface area contributed by atoms with Crippen LogP contribution in [0.15, 0.2) is 24.3 Å². The summed E-state index contributed by atoms with van der Waals surface area (Å²) in [5.41, 5.74) is 0.671. The van der Waals surface area contributed by atoms with Gasteiger partial charge in [-0.2, -0.15) is 0 Å². The highest BCUT2D eigenvalue weighted by Crippen LogP contribution is 2.25. The van der Waals surface area contributed by atoms with E-state index in [0.29, 0.717) is 28.8 Å². The van der Waals surface area contributed by atoms with E-state index in [1.54, 1.807) is 24.3 Å². The number of ether oxygens (including phenoxy) is 1. The van der Waals surface area contributed by atoms with E-state index in [0.717, 1.165) is 6.54 Å². The average Bonchev–Trinajstić information content (AvgIpc) is 2.46. The zero-order valence-corrected chi connectivity index (χ0v) is 14.0.